The quantitative estimate of drug-likeness (QED) is 0.236. The molecule has 0 spiro atoms. The third-order valence-corrected chi connectivity index (χ3v) is 6.21. The molecular formula is C25H17Cl3N2O4. The Morgan fingerprint density at radius 1 is 0.824 bits per heavy atom. The molecule has 1 heterocycles. The molecule has 0 fully saturated rings. The number of nitrogens with zero attached hydrogens (tertiary/aromatic N) is 2. The monoisotopic (exact) mass is 514 g/mol. The minimum Gasteiger partial charge on any atom is -0.292 e. The predicted molar refractivity (Wildman–Crippen MR) is 129 cm³/mol. The van der Waals surface area contributed by atoms with Gasteiger partial charge < -0.3 is 0 Å². The third-order valence-electron chi connectivity index (χ3n) is 5.41. The van der Waals surface area contributed by atoms with Gasteiger partial charge in [-0.1, -0.05) is 47.5 Å². The van der Waals surface area contributed by atoms with Gasteiger partial charge in [0.05, 0.1) is 21.7 Å². The van der Waals surface area contributed by atoms with Crippen molar-refractivity contribution in [2.45, 2.75) is 12.5 Å². The maximum Gasteiger partial charge on any atom is 0.280 e. The fourth-order valence-electron chi connectivity index (χ4n) is 3.78. The Kier molecular flexibility index (Phi) is 7.03. The van der Waals surface area contributed by atoms with Crippen LogP contribution in [0.1, 0.15) is 47.9 Å². The lowest BCUT2D eigenvalue weighted by molar-refractivity contribution is -0.00960. The summed E-state index contributed by atoms with van der Waals surface area (Å²) >= 11 is 18.2. The minimum absolute atomic E-state index is 0.0144. The molecule has 3 aromatic rings. The maximum atomic E-state index is 13.8. The van der Waals surface area contributed by atoms with Crippen LogP contribution in [0.15, 0.2) is 72.8 Å². The summed E-state index contributed by atoms with van der Waals surface area (Å²) in [6, 6.07) is 17.2. The molecule has 0 unspecified atom stereocenters. The highest BCUT2D eigenvalue weighted by molar-refractivity contribution is 6.34. The van der Waals surface area contributed by atoms with Crippen LogP contribution in [-0.4, -0.2) is 45.4 Å². The van der Waals surface area contributed by atoms with E-state index < -0.39 is 29.5 Å². The Bertz CT molecular complexity index is 1260. The van der Waals surface area contributed by atoms with E-state index >= 15 is 0 Å². The highest BCUT2D eigenvalue weighted by Gasteiger charge is 2.46. The first-order chi connectivity index (χ1) is 16.3. The number of carbonyl (C=O) groups is 4. The summed E-state index contributed by atoms with van der Waals surface area (Å²) in [4.78, 5) is 53.9. The summed E-state index contributed by atoms with van der Waals surface area (Å²) < 4.78 is 0. The summed E-state index contributed by atoms with van der Waals surface area (Å²) in [6.07, 6.45) is -0.0212. The number of imide groups is 1. The van der Waals surface area contributed by atoms with E-state index in [1.54, 1.807) is 24.3 Å². The highest BCUT2D eigenvalue weighted by Crippen LogP contribution is 2.30. The van der Waals surface area contributed by atoms with Gasteiger partial charge in [0.1, 0.15) is 6.04 Å². The Labute approximate surface area is 210 Å². The van der Waals surface area contributed by atoms with Crippen molar-refractivity contribution >= 4 is 58.3 Å². The number of amides is 3. The molecule has 1 aliphatic heterocycles. The normalized spacial score (nSPS) is 13.6. The second-order valence-corrected chi connectivity index (χ2v) is 8.68. The first-order valence-corrected chi connectivity index (χ1v) is 11.6. The average molecular weight is 516 g/mol. The predicted octanol–water partition coefficient (Wildman–Crippen LogP) is 5.53. The highest BCUT2D eigenvalue weighted by atomic mass is 35.5. The number of rotatable bonds is 7. The van der Waals surface area contributed by atoms with Crippen molar-refractivity contribution < 1.29 is 19.2 Å². The average Bonchev–Trinajstić information content (AvgIpc) is 3.09. The molecule has 0 saturated carbocycles. The lowest BCUT2D eigenvalue weighted by Crippen LogP contribution is -2.57. The van der Waals surface area contributed by atoms with Crippen molar-refractivity contribution in [3.05, 3.63) is 105 Å². The van der Waals surface area contributed by atoms with Gasteiger partial charge >= 0.3 is 0 Å². The van der Waals surface area contributed by atoms with E-state index in [0.717, 1.165) is 5.01 Å². The van der Waals surface area contributed by atoms with Crippen LogP contribution in [0.25, 0.3) is 0 Å². The zero-order valence-corrected chi connectivity index (χ0v) is 19.8. The topological polar surface area (TPSA) is 74.8 Å². The van der Waals surface area contributed by atoms with E-state index in [0.29, 0.717) is 10.0 Å². The number of ketones is 1. The molecule has 3 aromatic carbocycles. The summed E-state index contributed by atoms with van der Waals surface area (Å²) in [5, 5.41) is 2.12. The Morgan fingerprint density at radius 2 is 1.38 bits per heavy atom. The summed E-state index contributed by atoms with van der Waals surface area (Å²) in [7, 11) is 0. The Balaban J connectivity index is 1.86. The van der Waals surface area contributed by atoms with Crippen LogP contribution in [0.2, 0.25) is 10.0 Å². The lowest BCUT2D eigenvalue weighted by Gasteiger charge is -2.36. The van der Waals surface area contributed by atoms with E-state index in [4.69, 9.17) is 34.8 Å². The first kappa shape index (κ1) is 24.0. The molecule has 0 bridgehead atoms. The number of hydrogen-bond donors (Lipinski definition) is 0. The second-order valence-electron chi connectivity index (χ2n) is 7.46. The molecule has 0 aliphatic carbocycles. The fourth-order valence-corrected chi connectivity index (χ4v) is 4.33. The standard InChI is InChI=1S/C25H17Cl3N2O4/c26-14-13-21(22(31)15-9-11-16(27)12-10-15)29(25(34)19-7-3-4-8-20(19)28)30-23(32)17-5-1-2-6-18(17)24(30)33/h1-12,21H,13-14H2/t21-/m1/s1. The van der Waals surface area contributed by atoms with Crippen LogP contribution in [0.4, 0.5) is 0 Å². The number of alkyl halides is 1. The van der Waals surface area contributed by atoms with E-state index in [1.807, 2.05) is 0 Å². The van der Waals surface area contributed by atoms with Gasteiger partial charge in [-0.25, -0.2) is 5.01 Å². The number of halogens is 3. The maximum absolute atomic E-state index is 13.8. The molecule has 4 rings (SSSR count). The molecule has 0 radical (unpaired) electrons. The summed E-state index contributed by atoms with van der Waals surface area (Å²) in [5.41, 5.74) is 0.540. The third kappa shape index (κ3) is 4.32. The number of fused-ring (bicyclic) bond motifs is 1. The zero-order valence-electron chi connectivity index (χ0n) is 17.6. The molecule has 6 nitrogen and oxygen atoms in total. The number of benzene rings is 3. The zero-order chi connectivity index (χ0) is 24.4. The van der Waals surface area contributed by atoms with Gasteiger partial charge in [0, 0.05) is 16.5 Å². The number of Topliss-reactive ketones (excluding diaryl/α,β-unsaturated/α-hetero) is 1. The van der Waals surface area contributed by atoms with Gasteiger partial charge in [0.15, 0.2) is 5.78 Å². The minimum atomic E-state index is -1.26. The van der Waals surface area contributed by atoms with Gasteiger partial charge in [0.2, 0.25) is 0 Å². The van der Waals surface area contributed by atoms with E-state index in [2.05, 4.69) is 0 Å². The van der Waals surface area contributed by atoms with Crippen molar-refractivity contribution in [1.82, 2.24) is 10.0 Å². The first-order valence-electron chi connectivity index (χ1n) is 10.3. The molecule has 172 valence electrons. The molecule has 34 heavy (non-hydrogen) atoms. The molecular weight excluding hydrogens is 499 g/mol. The van der Waals surface area contributed by atoms with Crippen LogP contribution in [0.5, 0.6) is 0 Å². The van der Waals surface area contributed by atoms with Gasteiger partial charge in [-0.2, -0.15) is 5.01 Å². The van der Waals surface area contributed by atoms with E-state index in [9.17, 15) is 19.2 Å². The number of carbonyl (C=O) groups excluding carboxylic acids is 4. The Morgan fingerprint density at radius 3 is 1.94 bits per heavy atom. The number of hydrogen-bond acceptors (Lipinski definition) is 4. The number of hydrazine groups is 1. The van der Waals surface area contributed by atoms with Crippen LogP contribution < -0.4 is 0 Å². The molecule has 3 amide bonds. The van der Waals surface area contributed by atoms with Gasteiger partial charge in [-0.3, -0.25) is 19.2 Å². The van der Waals surface area contributed by atoms with Gasteiger partial charge in [0.25, 0.3) is 17.7 Å². The van der Waals surface area contributed by atoms with E-state index in [-0.39, 0.29) is 39.6 Å². The smallest absolute Gasteiger partial charge is 0.280 e. The van der Waals surface area contributed by atoms with Crippen molar-refractivity contribution in [3.63, 3.8) is 0 Å². The van der Waals surface area contributed by atoms with Gasteiger partial charge in [-0.15, -0.1) is 11.6 Å². The fraction of sp³-hybridized carbons (Fsp3) is 0.120. The van der Waals surface area contributed by atoms with Crippen molar-refractivity contribution in [1.29, 1.82) is 0 Å². The molecule has 0 N–H and O–H groups in total. The molecule has 0 aromatic heterocycles. The van der Waals surface area contributed by atoms with Crippen molar-refractivity contribution in [2.75, 3.05) is 5.88 Å². The van der Waals surface area contributed by atoms with Crippen LogP contribution in [0, 0.1) is 0 Å². The summed E-state index contributed by atoms with van der Waals surface area (Å²) in [6.45, 7) is 0. The molecule has 9 heteroatoms. The Hall–Kier alpha value is -3.19. The van der Waals surface area contributed by atoms with E-state index in [1.165, 1.54) is 48.5 Å². The summed E-state index contributed by atoms with van der Waals surface area (Å²) in [5.74, 6) is -2.74. The van der Waals surface area contributed by atoms with Crippen LogP contribution >= 0.6 is 34.8 Å². The molecule has 1 aliphatic rings. The lowest BCUT2D eigenvalue weighted by atomic mass is 10.0. The van der Waals surface area contributed by atoms with Crippen molar-refractivity contribution in [2.24, 2.45) is 0 Å². The SMILES string of the molecule is O=C(c1ccc(Cl)cc1)[C@@H](CCCl)N(C(=O)c1ccccc1Cl)N1C(=O)c2ccccc2C1=O. The van der Waals surface area contributed by atoms with Crippen LogP contribution in [-0.2, 0) is 0 Å². The largest absolute Gasteiger partial charge is 0.292 e. The van der Waals surface area contributed by atoms with Crippen LogP contribution in [0.3, 0.4) is 0 Å². The van der Waals surface area contributed by atoms with Crippen molar-refractivity contribution in [3.8, 4) is 0 Å². The molecule has 0 saturated heterocycles. The molecule has 1 atom stereocenters. The van der Waals surface area contributed by atoms with Gasteiger partial charge in [-0.05, 0) is 55.0 Å². The second kappa shape index (κ2) is 9.97.